The number of hydrogen-bond acceptors (Lipinski definition) is 6. The summed E-state index contributed by atoms with van der Waals surface area (Å²) in [5, 5.41) is 5.25. The number of methoxy groups -OCH3 is 1. The minimum atomic E-state index is -4.00. The predicted octanol–water partition coefficient (Wildman–Crippen LogP) is 4.56. The maximum atomic E-state index is 13.8. The molecule has 3 aromatic rings. The van der Waals surface area contributed by atoms with Crippen LogP contribution in [0, 0.1) is 0 Å². The zero-order chi connectivity index (χ0) is 27.3. The number of hydrogen-bond donors (Lipinski definition) is 1. The summed E-state index contributed by atoms with van der Waals surface area (Å²) < 4.78 is 33.6. The third kappa shape index (κ3) is 6.44. The van der Waals surface area contributed by atoms with Gasteiger partial charge in [0.15, 0.2) is 0 Å². The third-order valence-electron chi connectivity index (χ3n) is 6.35. The summed E-state index contributed by atoms with van der Waals surface area (Å²) in [7, 11) is -2.45. The molecule has 202 valence electrons. The Bertz CT molecular complexity index is 1370. The summed E-state index contributed by atoms with van der Waals surface area (Å²) in [4.78, 5) is 28.2. The monoisotopic (exact) mass is 575 g/mol. The number of nitrogens with zero attached hydrogens (tertiary/aromatic N) is 2. The van der Waals surface area contributed by atoms with E-state index in [1.165, 1.54) is 40.4 Å². The first-order valence-corrected chi connectivity index (χ1v) is 14.9. The highest BCUT2D eigenvalue weighted by Crippen LogP contribution is 2.38. The smallest absolute Gasteiger partial charge is 0.243 e. The highest BCUT2D eigenvalue weighted by molar-refractivity contribution is 7.89. The van der Waals surface area contributed by atoms with E-state index in [0.29, 0.717) is 36.7 Å². The summed E-state index contributed by atoms with van der Waals surface area (Å²) in [6.45, 7) is 2.04. The molecule has 8 nitrogen and oxygen atoms in total. The zero-order valence-corrected chi connectivity index (χ0v) is 23.6. The van der Waals surface area contributed by atoms with Crippen molar-refractivity contribution in [3.8, 4) is 0 Å². The van der Waals surface area contributed by atoms with Crippen molar-refractivity contribution < 1.29 is 22.7 Å². The van der Waals surface area contributed by atoms with E-state index in [9.17, 15) is 18.0 Å². The van der Waals surface area contributed by atoms with Crippen molar-refractivity contribution >= 4 is 50.5 Å². The Morgan fingerprint density at radius 1 is 1.13 bits per heavy atom. The molecule has 1 aliphatic heterocycles. The number of carbonyl (C=O) groups is 2. The summed E-state index contributed by atoms with van der Waals surface area (Å²) in [5.74, 6) is -0.532. The Morgan fingerprint density at radius 3 is 2.50 bits per heavy atom. The summed E-state index contributed by atoms with van der Waals surface area (Å²) in [6.07, 6.45) is 1.14. The van der Waals surface area contributed by atoms with E-state index in [4.69, 9.17) is 16.3 Å². The van der Waals surface area contributed by atoms with Gasteiger partial charge in [0, 0.05) is 49.3 Å². The van der Waals surface area contributed by atoms with Gasteiger partial charge in [-0.05, 0) is 71.8 Å². The molecule has 0 saturated heterocycles. The lowest BCUT2D eigenvalue weighted by atomic mass is 9.93. The molecule has 0 bridgehead atoms. The Kier molecular flexibility index (Phi) is 9.22. The van der Waals surface area contributed by atoms with Crippen LogP contribution >= 0.6 is 22.9 Å². The third-order valence-corrected chi connectivity index (χ3v) is 9.46. The van der Waals surface area contributed by atoms with Crippen molar-refractivity contribution in [3.05, 3.63) is 81.0 Å². The molecule has 1 atom stereocenters. The fourth-order valence-corrected chi connectivity index (χ4v) is 7.02. The van der Waals surface area contributed by atoms with Gasteiger partial charge < -0.3 is 15.0 Å². The largest absolute Gasteiger partial charge is 0.385 e. The molecule has 0 aliphatic carbocycles. The summed E-state index contributed by atoms with van der Waals surface area (Å²) in [6, 6.07) is 15.0. The van der Waals surface area contributed by atoms with Crippen LogP contribution in [0.25, 0.3) is 0 Å². The van der Waals surface area contributed by atoms with E-state index in [2.05, 4.69) is 5.32 Å². The summed E-state index contributed by atoms with van der Waals surface area (Å²) >= 11 is 7.78. The highest BCUT2D eigenvalue weighted by atomic mass is 35.5. The minimum Gasteiger partial charge on any atom is -0.385 e. The van der Waals surface area contributed by atoms with Gasteiger partial charge in [0.05, 0.1) is 17.5 Å². The van der Waals surface area contributed by atoms with Gasteiger partial charge in [-0.2, -0.15) is 4.31 Å². The number of ether oxygens (including phenoxy) is 1. The number of thiophene rings is 1. The van der Waals surface area contributed by atoms with Crippen molar-refractivity contribution in [2.75, 3.05) is 38.7 Å². The molecular weight excluding hydrogens is 546 g/mol. The second-order valence-electron chi connectivity index (χ2n) is 8.98. The van der Waals surface area contributed by atoms with Crippen molar-refractivity contribution in [1.29, 1.82) is 0 Å². The van der Waals surface area contributed by atoms with E-state index < -0.39 is 10.0 Å². The van der Waals surface area contributed by atoms with Crippen molar-refractivity contribution in [2.24, 2.45) is 0 Å². The SMILES string of the molecule is COCCCN(CC(=O)N1CCc2sccc2C1c1ccc(Cl)cc1)S(=O)(=O)c1ccc(NC(C)=O)cc1. The normalized spacial score (nSPS) is 15.4. The molecule has 2 aromatic carbocycles. The molecule has 11 heteroatoms. The molecule has 1 unspecified atom stereocenters. The minimum absolute atomic E-state index is 0.0461. The molecule has 0 spiro atoms. The number of anilines is 1. The predicted molar refractivity (Wildman–Crippen MR) is 149 cm³/mol. The van der Waals surface area contributed by atoms with E-state index in [1.807, 2.05) is 23.6 Å². The first kappa shape index (κ1) is 28.3. The molecule has 0 radical (unpaired) electrons. The molecular formula is C27H30ClN3O5S2. The molecule has 1 N–H and O–H groups in total. The molecule has 2 heterocycles. The number of amides is 2. The van der Waals surface area contributed by atoms with Gasteiger partial charge in [-0.1, -0.05) is 23.7 Å². The lowest BCUT2D eigenvalue weighted by Gasteiger charge is -2.37. The molecule has 2 amide bonds. The van der Waals surface area contributed by atoms with Crippen LogP contribution in [0.4, 0.5) is 5.69 Å². The van der Waals surface area contributed by atoms with Gasteiger partial charge in [0.2, 0.25) is 21.8 Å². The van der Waals surface area contributed by atoms with Gasteiger partial charge in [0.1, 0.15) is 0 Å². The topological polar surface area (TPSA) is 96.0 Å². The van der Waals surface area contributed by atoms with Gasteiger partial charge in [0.25, 0.3) is 0 Å². The number of sulfonamides is 1. The average molecular weight is 576 g/mol. The molecule has 38 heavy (non-hydrogen) atoms. The maximum Gasteiger partial charge on any atom is 0.243 e. The molecule has 1 aromatic heterocycles. The van der Waals surface area contributed by atoms with Crippen LogP contribution in [0.5, 0.6) is 0 Å². The molecule has 4 rings (SSSR count). The zero-order valence-electron chi connectivity index (χ0n) is 21.2. The number of nitrogens with one attached hydrogen (secondary N) is 1. The lowest BCUT2D eigenvalue weighted by Crippen LogP contribution is -2.47. The number of carbonyl (C=O) groups excluding carboxylic acids is 2. The Hall–Kier alpha value is -2.76. The Balaban J connectivity index is 1.62. The first-order valence-electron chi connectivity index (χ1n) is 12.2. The Morgan fingerprint density at radius 2 is 1.84 bits per heavy atom. The van der Waals surface area contributed by atoms with Crippen LogP contribution < -0.4 is 5.32 Å². The number of rotatable bonds is 10. The molecule has 1 aliphatic rings. The van der Waals surface area contributed by atoms with Crippen LogP contribution in [0.1, 0.15) is 35.4 Å². The average Bonchev–Trinajstić information content (AvgIpc) is 3.37. The van der Waals surface area contributed by atoms with Crippen molar-refractivity contribution in [3.63, 3.8) is 0 Å². The van der Waals surface area contributed by atoms with Crippen LogP contribution in [0.2, 0.25) is 5.02 Å². The molecule has 0 saturated carbocycles. The number of benzene rings is 2. The second-order valence-corrected chi connectivity index (χ2v) is 12.4. The van der Waals surface area contributed by atoms with E-state index in [-0.39, 0.29) is 35.8 Å². The van der Waals surface area contributed by atoms with Gasteiger partial charge in [-0.3, -0.25) is 9.59 Å². The fourth-order valence-electron chi connectivity index (χ4n) is 4.56. The number of halogens is 1. The van der Waals surface area contributed by atoms with Crippen molar-refractivity contribution in [2.45, 2.75) is 30.7 Å². The Labute approximate surface area is 232 Å². The first-order chi connectivity index (χ1) is 18.2. The maximum absolute atomic E-state index is 13.8. The lowest BCUT2D eigenvalue weighted by molar-refractivity contribution is -0.133. The van der Waals surface area contributed by atoms with Gasteiger partial charge in [-0.25, -0.2) is 8.42 Å². The fraction of sp³-hybridized carbons (Fsp3) is 0.333. The van der Waals surface area contributed by atoms with Crippen LogP contribution in [0.3, 0.4) is 0 Å². The summed E-state index contributed by atoms with van der Waals surface area (Å²) in [5.41, 5.74) is 2.47. The van der Waals surface area contributed by atoms with E-state index in [0.717, 1.165) is 11.1 Å². The van der Waals surface area contributed by atoms with Crippen LogP contribution in [0.15, 0.2) is 64.9 Å². The quantitative estimate of drug-likeness (QED) is 0.358. The highest BCUT2D eigenvalue weighted by Gasteiger charge is 2.35. The number of fused-ring (bicyclic) bond motifs is 1. The second kappa shape index (κ2) is 12.4. The van der Waals surface area contributed by atoms with Crippen molar-refractivity contribution in [1.82, 2.24) is 9.21 Å². The van der Waals surface area contributed by atoms with E-state index in [1.54, 1.807) is 35.5 Å². The van der Waals surface area contributed by atoms with Crippen LogP contribution in [-0.2, 0) is 30.8 Å². The molecule has 0 fully saturated rings. The standard InChI is InChI=1S/C27H30ClN3O5S2/c1-19(32)29-22-8-10-23(11-9-22)38(34,35)30(14-3-16-36-2)18-26(33)31-15-12-25-24(13-17-37-25)27(31)20-4-6-21(28)7-5-20/h4-11,13,17,27H,3,12,14-16,18H2,1-2H3,(H,29,32). The van der Waals surface area contributed by atoms with E-state index >= 15 is 0 Å². The van der Waals surface area contributed by atoms with Crippen LogP contribution in [-0.4, -0.2) is 62.8 Å². The van der Waals surface area contributed by atoms with Gasteiger partial charge >= 0.3 is 0 Å². The van der Waals surface area contributed by atoms with Gasteiger partial charge in [-0.15, -0.1) is 11.3 Å².